The SMILES string of the molecule is c1ccc(CN2CCN(CC3COC(c4ccccc4)(c4ccccc4)O3)CC2)cc1. The Labute approximate surface area is 185 Å². The third-order valence-electron chi connectivity index (χ3n) is 6.29. The second kappa shape index (κ2) is 9.33. The molecule has 0 aromatic heterocycles. The zero-order valence-electron chi connectivity index (χ0n) is 17.9. The Morgan fingerprint density at radius 1 is 0.677 bits per heavy atom. The first-order valence-corrected chi connectivity index (χ1v) is 11.2. The molecule has 0 saturated carbocycles. The standard InChI is InChI=1S/C27H30N2O2/c1-4-10-23(11-5-1)20-28-16-18-29(19-17-28)21-26-22-30-27(31-26,24-12-6-2-7-13-24)25-14-8-3-9-15-25/h1-15,26H,16-22H2. The molecule has 2 aliphatic heterocycles. The largest absolute Gasteiger partial charge is 0.339 e. The van der Waals surface area contributed by atoms with E-state index in [9.17, 15) is 0 Å². The molecular weight excluding hydrogens is 384 g/mol. The van der Waals surface area contributed by atoms with E-state index in [2.05, 4.69) is 64.4 Å². The van der Waals surface area contributed by atoms with Gasteiger partial charge in [-0.15, -0.1) is 0 Å². The van der Waals surface area contributed by atoms with E-state index in [-0.39, 0.29) is 6.10 Å². The summed E-state index contributed by atoms with van der Waals surface area (Å²) in [4.78, 5) is 5.05. The van der Waals surface area contributed by atoms with Crippen molar-refractivity contribution in [2.75, 3.05) is 39.3 Å². The molecule has 1 atom stereocenters. The van der Waals surface area contributed by atoms with Gasteiger partial charge in [-0.05, 0) is 5.56 Å². The van der Waals surface area contributed by atoms with Crippen molar-refractivity contribution >= 4 is 0 Å². The topological polar surface area (TPSA) is 24.9 Å². The van der Waals surface area contributed by atoms with Crippen molar-refractivity contribution in [2.24, 2.45) is 0 Å². The fourth-order valence-electron chi connectivity index (χ4n) is 4.65. The molecule has 2 heterocycles. The van der Waals surface area contributed by atoms with Crippen LogP contribution in [0.3, 0.4) is 0 Å². The number of ether oxygens (including phenoxy) is 2. The third-order valence-corrected chi connectivity index (χ3v) is 6.29. The van der Waals surface area contributed by atoms with E-state index in [4.69, 9.17) is 9.47 Å². The molecule has 160 valence electrons. The second-order valence-corrected chi connectivity index (χ2v) is 8.46. The van der Waals surface area contributed by atoms with Gasteiger partial charge in [-0.25, -0.2) is 0 Å². The smallest absolute Gasteiger partial charge is 0.222 e. The molecule has 2 saturated heterocycles. The molecule has 0 radical (unpaired) electrons. The highest BCUT2D eigenvalue weighted by Gasteiger charge is 2.45. The fraction of sp³-hybridized carbons (Fsp3) is 0.333. The molecule has 0 aliphatic carbocycles. The minimum absolute atomic E-state index is 0.0566. The number of hydrogen-bond donors (Lipinski definition) is 0. The maximum Gasteiger partial charge on any atom is 0.222 e. The molecule has 1 unspecified atom stereocenters. The lowest BCUT2D eigenvalue weighted by Gasteiger charge is -2.36. The van der Waals surface area contributed by atoms with Crippen LogP contribution in [0.4, 0.5) is 0 Å². The number of nitrogens with zero attached hydrogens (tertiary/aromatic N) is 2. The van der Waals surface area contributed by atoms with Crippen LogP contribution < -0.4 is 0 Å². The van der Waals surface area contributed by atoms with Gasteiger partial charge in [0, 0.05) is 50.4 Å². The summed E-state index contributed by atoms with van der Waals surface area (Å²) in [5.41, 5.74) is 3.49. The van der Waals surface area contributed by atoms with E-state index >= 15 is 0 Å². The van der Waals surface area contributed by atoms with Crippen LogP contribution >= 0.6 is 0 Å². The first-order chi connectivity index (χ1) is 15.3. The van der Waals surface area contributed by atoms with E-state index in [0.717, 1.165) is 50.4 Å². The van der Waals surface area contributed by atoms with Crippen LogP contribution in [0.5, 0.6) is 0 Å². The minimum atomic E-state index is -0.817. The van der Waals surface area contributed by atoms with Crippen LogP contribution in [0.1, 0.15) is 16.7 Å². The van der Waals surface area contributed by atoms with Crippen molar-refractivity contribution in [2.45, 2.75) is 18.4 Å². The number of hydrogen-bond acceptors (Lipinski definition) is 4. The van der Waals surface area contributed by atoms with Crippen molar-refractivity contribution in [3.05, 3.63) is 108 Å². The molecule has 3 aromatic carbocycles. The highest BCUT2D eigenvalue weighted by Crippen LogP contribution is 2.40. The van der Waals surface area contributed by atoms with Gasteiger partial charge in [-0.1, -0.05) is 91.0 Å². The Bertz CT molecular complexity index is 901. The Hall–Kier alpha value is -2.50. The van der Waals surface area contributed by atoms with Gasteiger partial charge in [0.15, 0.2) is 0 Å². The number of benzene rings is 3. The summed E-state index contributed by atoms with van der Waals surface area (Å²) in [5.74, 6) is -0.817. The summed E-state index contributed by atoms with van der Waals surface area (Å²) in [6.45, 7) is 6.85. The fourth-order valence-corrected chi connectivity index (χ4v) is 4.65. The molecule has 0 spiro atoms. The maximum atomic E-state index is 6.67. The van der Waals surface area contributed by atoms with E-state index in [1.54, 1.807) is 0 Å². The Morgan fingerprint density at radius 3 is 1.77 bits per heavy atom. The third kappa shape index (κ3) is 4.58. The molecule has 4 nitrogen and oxygen atoms in total. The maximum absolute atomic E-state index is 6.67. The van der Waals surface area contributed by atoms with Gasteiger partial charge in [-0.2, -0.15) is 0 Å². The highest BCUT2D eigenvalue weighted by atomic mass is 16.7. The summed E-state index contributed by atoms with van der Waals surface area (Å²) in [5, 5.41) is 0. The van der Waals surface area contributed by atoms with Gasteiger partial charge in [-0.3, -0.25) is 9.80 Å². The van der Waals surface area contributed by atoms with Gasteiger partial charge >= 0.3 is 0 Å². The molecule has 3 aromatic rings. The second-order valence-electron chi connectivity index (χ2n) is 8.46. The molecule has 2 aliphatic rings. The summed E-state index contributed by atoms with van der Waals surface area (Å²) < 4.78 is 13.1. The van der Waals surface area contributed by atoms with Crippen LogP contribution in [0, 0.1) is 0 Å². The molecule has 0 amide bonds. The van der Waals surface area contributed by atoms with Crippen molar-refractivity contribution in [3.8, 4) is 0 Å². The van der Waals surface area contributed by atoms with Crippen LogP contribution in [0.2, 0.25) is 0 Å². The summed E-state index contributed by atoms with van der Waals surface area (Å²) in [7, 11) is 0. The monoisotopic (exact) mass is 414 g/mol. The molecular formula is C27H30N2O2. The van der Waals surface area contributed by atoms with Crippen LogP contribution in [-0.4, -0.2) is 55.2 Å². The average Bonchev–Trinajstić information content (AvgIpc) is 3.27. The van der Waals surface area contributed by atoms with Crippen LogP contribution in [0.25, 0.3) is 0 Å². The molecule has 4 heteroatoms. The van der Waals surface area contributed by atoms with Crippen molar-refractivity contribution < 1.29 is 9.47 Å². The molecule has 31 heavy (non-hydrogen) atoms. The van der Waals surface area contributed by atoms with Crippen LogP contribution in [-0.2, 0) is 21.8 Å². The van der Waals surface area contributed by atoms with E-state index in [1.807, 2.05) is 36.4 Å². The van der Waals surface area contributed by atoms with E-state index in [1.165, 1.54) is 5.56 Å². The average molecular weight is 415 g/mol. The normalized spacial score (nSPS) is 21.9. The van der Waals surface area contributed by atoms with Crippen LogP contribution in [0.15, 0.2) is 91.0 Å². The number of rotatable bonds is 6. The number of piperazine rings is 1. The van der Waals surface area contributed by atoms with Gasteiger partial charge in [0.05, 0.1) is 12.7 Å². The van der Waals surface area contributed by atoms with Crippen molar-refractivity contribution in [3.63, 3.8) is 0 Å². The molecule has 2 fully saturated rings. The van der Waals surface area contributed by atoms with Gasteiger partial charge in [0.25, 0.3) is 0 Å². The first-order valence-electron chi connectivity index (χ1n) is 11.2. The van der Waals surface area contributed by atoms with Gasteiger partial charge in [0.1, 0.15) is 0 Å². The lowest BCUT2D eigenvalue weighted by Crippen LogP contribution is -2.48. The lowest BCUT2D eigenvalue weighted by molar-refractivity contribution is -0.145. The Morgan fingerprint density at radius 2 is 1.19 bits per heavy atom. The first kappa shape index (κ1) is 20.4. The zero-order chi connectivity index (χ0) is 20.9. The molecule has 0 bridgehead atoms. The van der Waals surface area contributed by atoms with Crippen molar-refractivity contribution in [1.82, 2.24) is 9.80 Å². The van der Waals surface area contributed by atoms with E-state index < -0.39 is 5.79 Å². The predicted octanol–water partition coefficient (Wildman–Crippen LogP) is 4.12. The molecule has 5 rings (SSSR count). The lowest BCUT2D eigenvalue weighted by atomic mass is 9.97. The summed E-state index contributed by atoms with van der Waals surface area (Å²) >= 11 is 0. The zero-order valence-corrected chi connectivity index (χ0v) is 17.9. The van der Waals surface area contributed by atoms with Gasteiger partial charge < -0.3 is 9.47 Å². The highest BCUT2D eigenvalue weighted by molar-refractivity contribution is 5.34. The summed E-state index contributed by atoms with van der Waals surface area (Å²) in [6.07, 6.45) is 0.0566. The quantitative estimate of drug-likeness (QED) is 0.606. The van der Waals surface area contributed by atoms with E-state index in [0.29, 0.717) is 6.61 Å². The van der Waals surface area contributed by atoms with Gasteiger partial charge in [0.2, 0.25) is 5.79 Å². The Balaban J connectivity index is 1.22. The molecule has 0 N–H and O–H groups in total. The van der Waals surface area contributed by atoms with Crippen molar-refractivity contribution in [1.29, 1.82) is 0 Å². The predicted molar refractivity (Wildman–Crippen MR) is 123 cm³/mol. The summed E-state index contributed by atoms with van der Waals surface area (Å²) in [6, 6.07) is 31.4. The minimum Gasteiger partial charge on any atom is -0.339 e. The Kier molecular flexibility index (Phi) is 6.14.